The predicted molar refractivity (Wildman–Crippen MR) is 99.8 cm³/mol. The minimum atomic E-state index is 0.542. The summed E-state index contributed by atoms with van der Waals surface area (Å²) in [6.07, 6.45) is 5.52. The molecule has 1 rings (SSSR count). The second-order valence-corrected chi connectivity index (χ2v) is 5.84. The van der Waals surface area contributed by atoms with Crippen molar-refractivity contribution in [3.05, 3.63) is 59.8 Å². The highest BCUT2D eigenvalue weighted by Crippen LogP contribution is 2.21. The zero-order valence-electron chi connectivity index (χ0n) is 13.6. The summed E-state index contributed by atoms with van der Waals surface area (Å²) in [7, 11) is 1.74. The molecule has 0 aromatic heterocycles. The Hall–Kier alpha value is -2.07. The average molecular weight is 313 g/mol. The zero-order valence-corrected chi connectivity index (χ0v) is 14.4. The molecular formula is C18H23N3S. The van der Waals surface area contributed by atoms with E-state index in [4.69, 9.17) is 5.41 Å². The topological polar surface area (TPSA) is 48.2 Å². The Balaban J connectivity index is 2.84. The largest absolute Gasteiger partial charge is 0.324 e. The van der Waals surface area contributed by atoms with Crippen LogP contribution < -0.4 is 4.72 Å². The molecule has 0 heterocycles. The molecule has 0 atom stereocenters. The molecule has 0 fully saturated rings. The van der Waals surface area contributed by atoms with Crippen LogP contribution in [0.25, 0.3) is 5.57 Å². The molecule has 116 valence electrons. The molecule has 0 amide bonds. The maximum Gasteiger partial charge on any atom is 0.0636 e. The Morgan fingerprint density at radius 3 is 2.32 bits per heavy atom. The molecule has 0 saturated carbocycles. The van der Waals surface area contributed by atoms with Crippen LogP contribution in [0.5, 0.6) is 0 Å². The third kappa shape index (κ3) is 5.37. The monoisotopic (exact) mass is 313 g/mol. The Morgan fingerprint density at radius 1 is 1.23 bits per heavy atom. The van der Waals surface area contributed by atoms with Gasteiger partial charge in [0, 0.05) is 18.2 Å². The Morgan fingerprint density at radius 2 is 1.86 bits per heavy atom. The van der Waals surface area contributed by atoms with E-state index in [-0.39, 0.29) is 0 Å². The first kappa shape index (κ1) is 18.0. The molecule has 0 aliphatic carbocycles. The SMILES string of the molecule is C=C/C(=C\C=N/C)c1ccc(SNC(C(C)=N)=C(C)C)cc1. The van der Waals surface area contributed by atoms with Crippen LogP contribution in [0.1, 0.15) is 26.3 Å². The summed E-state index contributed by atoms with van der Waals surface area (Å²) < 4.78 is 3.25. The fraction of sp³-hybridized carbons (Fsp3) is 0.222. The van der Waals surface area contributed by atoms with Gasteiger partial charge in [-0.05, 0) is 62.1 Å². The van der Waals surface area contributed by atoms with Gasteiger partial charge in [0.1, 0.15) is 0 Å². The molecule has 4 heteroatoms. The van der Waals surface area contributed by atoms with Gasteiger partial charge in [-0.15, -0.1) is 0 Å². The summed E-state index contributed by atoms with van der Waals surface area (Å²) in [5.41, 5.74) is 4.66. The lowest BCUT2D eigenvalue weighted by Gasteiger charge is -2.11. The van der Waals surface area contributed by atoms with Crippen molar-refractivity contribution < 1.29 is 0 Å². The third-order valence-corrected chi connectivity index (χ3v) is 3.77. The maximum absolute atomic E-state index is 7.76. The van der Waals surface area contributed by atoms with Crippen LogP contribution in [0.4, 0.5) is 0 Å². The van der Waals surface area contributed by atoms with Crippen LogP contribution in [0, 0.1) is 5.41 Å². The van der Waals surface area contributed by atoms with Crippen molar-refractivity contribution in [1.82, 2.24) is 4.72 Å². The van der Waals surface area contributed by atoms with Crippen molar-refractivity contribution in [2.75, 3.05) is 7.05 Å². The quantitative estimate of drug-likeness (QED) is 0.428. The molecule has 1 aromatic rings. The van der Waals surface area contributed by atoms with Gasteiger partial charge in [-0.3, -0.25) is 4.99 Å². The van der Waals surface area contributed by atoms with Crippen LogP contribution in [0.15, 0.2) is 64.2 Å². The van der Waals surface area contributed by atoms with Crippen LogP contribution >= 0.6 is 11.9 Å². The number of aliphatic imine (C=N–C) groups is 1. The summed E-state index contributed by atoms with van der Waals surface area (Å²) >= 11 is 1.51. The number of benzene rings is 1. The summed E-state index contributed by atoms with van der Waals surface area (Å²) in [5.74, 6) is 0. The van der Waals surface area contributed by atoms with Gasteiger partial charge in [0.2, 0.25) is 0 Å². The highest BCUT2D eigenvalue weighted by Gasteiger charge is 2.04. The van der Waals surface area contributed by atoms with E-state index in [1.807, 2.05) is 26.0 Å². The molecule has 0 spiro atoms. The second-order valence-electron chi connectivity index (χ2n) is 4.96. The Labute approximate surface area is 137 Å². The van der Waals surface area contributed by atoms with E-state index < -0.39 is 0 Å². The van der Waals surface area contributed by atoms with Crippen molar-refractivity contribution >= 4 is 29.4 Å². The van der Waals surface area contributed by atoms with Crippen molar-refractivity contribution in [3.8, 4) is 0 Å². The molecule has 0 saturated heterocycles. The minimum absolute atomic E-state index is 0.542. The number of nitrogens with zero attached hydrogens (tertiary/aromatic N) is 1. The number of rotatable bonds is 7. The van der Waals surface area contributed by atoms with Gasteiger partial charge in [0.25, 0.3) is 0 Å². The molecule has 0 unspecified atom stereocenters. The fourth-order valence-corrected chi connectivity index (χ4v) is 2.67. The summed E-state index contributed by atoms with van der Waals surface area (Å²) in [4.78, 5) is 5.05. The molecule has 22 heavy (non-hydrogen) atoms. The lowest BCUT2D eigenvalue weighted by atomic mass is 10.1. The van der Waals surface area contributed by atoms with Crippen LogP contribution in [0.3, 0.4) is 0 Å². The summed E-state index contributed by atoms with van der Waals surface area (Å²) in [6, 6.07) is 8.21. The summed E-state index contributed by atoms with van der Waals surface area (Å²) in [5, 5.41) is 7.76. The van der Waals surface area contributed by atoms with Gasteiger partial charge in [0.15, 0.2) is 0 Å². The molecule has 0 aliphatic rings. The van der Waals surface area contributed by atoms with E-state index in [1.54, 1.807) is 20.2 Å². The number of nitrogens with one attached hydrogen (secondary N) is 2. The molecule has 3 nitrogen and oxygen atoms in total. The van der Waals surface area contributed by atoms with E-state index in [9.17, 15) is 0 Å². The van der Waals surface area contributed by atoms with E-state index >= 15 is 0 Å². The maximum atomic E-state index is 7.76. The number of hydrogen-bond acceptors (Lipinski definition) is 4. The standard InChI is InChI=1S/C18H23N3S/c1-6-15(11-12-20-5)16-7-9-17(10-8-16)22-21-18(13(2)3)14(4)19/h6-12,19,21H,1H2,2-5H3/b15-11+,19-14?,20-12-. The van der Waals surface area contributed by atoms with Crippen molar-refractivity contribution in [3.63, 3.8) is 0 Å². The lowest BCUT2D eigenvalue weighted by Crippen LogP contribution is -2.12. The number of allylic oxidation sites excluding steroid dienone is 5. The molecule has 0 bridgehead atoms. The second kappa shape index (κ2) is 9.05. The first-order valence-corrected chi connectivity index (χ1v) is 7.82. The summed E-state index contributed by atoms with van der Waals surface area (Å²) in [6.45, 7) is 9.62. The van der Waals surface area contributed by atoms with Crippen molar-refractivity contribution in [2.24, 2.45) is 4.99 Å². The first-order valence-electron chi connectivity index (χ1n) is 7.00. The Kier molecular flexibility index (Phi) is 7.40. The lowest BCUT2D eigenvalue weighted by molar-refractivity contribution is 1.18. The highest BCUT2D eigenvalue weighted by molar-refractivity contribution is 7.97. The first-order chi connectivity index (χ1) is 10.5. The number of hydrogen-bond donors (Lipinski definition) is 2. The minimum Gasteiger partial charge on any atom is -0.324 e. The van der Waals surface area contributed by atoms with Crippen LogP contribution in [0.2, 0.25) is 0 Å². The van der Waals surface area contributed by atoms with Gasteiger partial charge in [-0.1, -0.05) is 30.4 Å². The molecular weight excluding hydrogens is 290 g/mol. The van der Waals surface area contributed by atoms with Crippen LogP contribution in [-0.2, 0) is 0 Å². The average Bonchev–Trinajstić information content (AvgIpc) is 2.49. The van der Waals surface area contributed by atoms with Crippen molar-refractivity contribution in [2.45, 2.75) is 25.7 Å². The third-order valence-electron chi connectivity index (χ3n) is 2.96. The predicted octanol–water partition coefficient (Wildman–Crippen LogP) is 4.89. The van der Waals surface area contributed by atoms with Gasteiger partial charge in [-0.2, -0.15) is 0 Å². The molecule has 2 N–H and O–H groups in total. The Bertz CT molecular complexity index is 618. The van der Waals surface area contributed by atoms with E-state index in [2.05, 4.69) is 40.6 Å². The molecule has 0 radical (unpaired) electrons. The molecule has 0 aliphatic heterocycles. The molecule has 1 aromatic carbocycles. The van der Waals surface area contributed by atoms with Gasteiger partial charge in [-0.25, -0.2) is 0 Å². The van der Waals surface area contributed by atoms with E-state index in [0.717, 1.165) is 27.3 Å². The van der Waals surface area contributed by atoms with E-state index in [0.29, 0.717) is 5.71 Å². The van der Waals surface area contributed by atoms with Gasteiger partial charge < -0.3 is 10.1 Å². The van der Waals surface area contributed by atoms with Crippen molar-refractivity contribution in [1.29, 1.82) is 5.41 Å². The van der Waals surface area contributed by atoms with E-state index in [1.165, 1.54) is 11.9 Å². The normalized spacial score (nSPS) is 11.4. The zero-order chi connectivity index (χ0) is 16.5. The fourth-order valence-electron chi connectivity index (χ4n) is 1.82. The van der Waals surface area contributed by atoms with Gasteiger partial charge >= 0.3 is 0 Å². The smallest absolute Gasteiger partial charge is 0.0636 e. The van der Waals surface area contributed by atoms with Gasteiger partial charge in [0.05, 0.1) is 11.4 Å². The highest BCUT2D eigenvalue weighted by atomic mass is 32.2. The van der Waals surface area contributed by atoms with Crippen LogP contribution in [-0.4, -0.2) is 19.0 Å².